The third-order valence-electron chi connectivity index (χ3n) is 1.11. The topological polar surface area (TPSA) is 17.1 Å². The van der Waals surface area contributed by atoms with Crippen molar-refractivity contribution in [1.29, 1.82) is 0 Å². The summed E-state index contributed by atoms with van der Waals surface area (Å²) in [5.74, 6) is 0. The average molecular weight is 156 g/mol. The maximum Gasteiger partial charge on any atom is 0.150 e. The zero-order valence-electron chi connectivity index (χ0n) is 5.08. The van der Waals surface area contributed by atoms with E-state index in [1.165, 1.54) is 0 Å². The molecule has 1 aromatic carbocycles. The largest absolute Gasteiger partial charge is 0.298 e. The van der Waals surface area contributed by atoms with E-state index in [9.17, 15) is 8.68 Å². The number of benzene rings is 1. The van der Waals surface area contributed by atoms with Crippen molar-refractivity contribution in [3.05, 3.63) is 29.8 Å². The quantitative estimate of drug-likeness (QED) is 0.612. The lowest BCUT2D eigenvalue weighted by Gasteiger charge is -1.90. The molecule has 1 rings (SSSR count). The lowest BCUT2D eigenvalue weighted by atomic mass is 10.2. The molecule has 0 amide bonds. The highest BCUT2D eigenvalue weighted by Gasteiger charge is 1.91. The SMILES string of the molecule is O=Cc1ccc(SF)cc1. The van der Waals surface area contributed by atoms with Crippen LogP contribution in [0.2, 0.25) is 0 Å². The van der Waals surface area contributed by atoms with Gasteiger partial charge in [-0.3, -0.25) is 4.79 Å². The van der Waals surface area contributed by atoms with Gasteiger partial charge < -0.3 is 0 Å². The molecule has 0 saturated carbocycles. The van der Waals surface area contributed by atoms with Crippen LogP contribution < -0.4 is 0 Å². The van der Waals surface area contributed by atoms with E-state index >= 15 is 0 Å². The van der Waals surface area contributed by atoms with Gasteiger partial charge in [0.2, 0.25) is 0 Å². The molecule has 0 spiro atoms. The summed E-state index contributed by atoms with van der Waals surface area (Å²) in [5, 5.41) is 0. The standard InChI is InChI=1S/C7H5FOS/c8-10-7-3-1-6(5-9)2-4-7/h1-5H. The van der Waals surface area contributed by atoms with Crippen LogP contribution >= 0.6 is 12.1 Å². The minimum absolute atomic E-state index is 0.172. The summed E-state index contributed by atoms with van der Waals surface area (Å²) in [6.45, 7) is 0. The van der Waals surface area contributed by atoms with Gasteiger partial charge in [-0.25, -0.2) is 0 Å². The van der Waals surface area contributed by atoms with Crippen molar-refractivity contribution in [2.75, 3.05) is 0 Å². The van der Waals surface area contributed by atoms with Gasteiger partial charge in [-0.15, -0.1) is 0 Å². The summed E-state index contributed by atoms with van der Waals surface area (Å²) < 4.78 is 11.8. The molecule has 0 aliphatic rings. The average Bonchev–Trinajstić information content (AvgIpc) is 2.05. The Morgan fingerprint density at radius 2 is 1.90 bits per heavy atom. The molecule has 0 aliphatic heterocycles. The van der Waals surface area contributed by atoms with Crippen LogP contribution in [0.5, 0.6) is 0 Å². The molecular formula is C7H5FOS. The van der Waals surface area contributed by atoms with Crippen LogP contribution in [0.25, 0.3) is 0 Å². The second kappa shape index (κ2) is 3.37. The fraction of sp³-hybridized carbons (Fsp3) is 0. The Kier molecular flexibility index (Phi) is 2.45. The first kappa shape index (κ1) is 7.28. The number of rotatable bonds is 2. The fourth-order valence-corrected chi connectivity index (χ4v) is 0.837. The highest BCUT2D eigenvalue weighted by atomic mass is 32.2. The molecule has 1 nitrogen and oxygen atoms in total. The highest BCUT2D eigenvalue weighted by molar-refractivity contribution is 7.94. The lowest BCUT2D eigenvalue weighted by molar-refractivity contribution is 0.112. The van der Waals surface area contributed by atoms with E-state index in [1.54, 1.807) is 24.3 Å². The van der Waals surface area contributed by atoms with Crippen molar-refractivity contribution in [2.45, 2.75) is 4.90 Å². The van der Waals surface area contributed by atoms with Gasteiger partial charge in [0.05, 0.1) is 12.1 Å². The minimum Gasteiger partial charge on any atom is -0.298 e. The normalized spacial score (nSPS) is 9.30. The molecule has 0 atom stereocenters. The number of aldehydes is 1. The third kappa shape index (κ3) is 1.57. The van der Waals surface area contributed by atoms with E-state index in [2.05, 4.69) is 0 Å². The molecular weight excluding hydrogens is 151 g/mol. The van der Waals surface area contributed by atoms with Crippen LogP contribution in [-0.2, 0) is 0 Å². The first-order chi connectivity index (χ1) is 4.86. The number of hydrogen-bond donors (Lipinski definition) is 0. The Labute approximate surface area is 62.5 Å². The second-order valence-electron chi connectivity index (χ2n) is 1.76. The van der Waals surface area contributed by atoms with Gasteiger partial charge in [-0.1, -0.05) is 12.1 Å². The number of hydrogen-bond acceptors (Lipinski definition) is 2. The molecule has 0 heterocycles. The summed E-state index contributed by atoms with van der Waals surface area (Å²) in [6, 6.07) is 6.28. The molecule has 0 N–H and O–H groups in total. The van der Waals surface area contributed by atoms with Crippen LogP contribution in [0.15, 0.2) is 29.2 Å². The van der Waals surface area contributed by atoms with Gasteiger partial charge in [0, 0.05) is 10.5 Å². The van der Waals surface area contributed by atoms with E-state index < -0.39 is 0 Å². The molecule has 0 aromatic heterocycles. The Balaban J connectivity index is 2.90. The molecule has 52 valence electrons. The summed E-state index contributed by atoms with van der Waals surface area (Å²) in [7, 11) is 0. The maximum absolute atomic E-state index is 11.8. The van der Waals surface area contributed by atoms with Crippen molar-refractivity contribution in [1.82, 2.24) is 0 Å². The van der Waals surface area contributed by atoms with Crippen molar-refractivity contribution >= 4 is 18.4 Å². The highest BCUT2D eigenvalue weighted by Crippen LogP contribution is 2.17. The van der Waals surface area contributed by atoms with Crippen LogP contribution in [-0.4, -0.2) is 6.29 Å². The van der Waals surface area contributed by atoms with Crippen LogP contribution in [0.4, 0.5) is 3.89 Å². The molecule has 3 heteroatoms. The van der Waals surface area contributed by atoms with E-state index in [4.69, 9.17) is 0 Å². The summed E-state index contributed by atoms with van der Waals surface area (Å²) >= 11 is 0.172. The first-order valence-electron chi connectivity index (χ1n) is 2.70. The van der Waals surface area contributed by atoms with Gasteiger partial charge in [0.1, 0.15) is 6.29 Å². The second-order valence-corrected chi connectivity index (χ2v) is 2.39. The maximum atomic E-state index is 11.8. The van der Waals surface area contributed by atoms with Gasteiger partial charge >= 0.3 is 0 Å². The van der Waals surface area contributed by atoms with Crippen LogP contribution in [0.1, 0.15) is 10.4 Å². The minimum atomic E-state index is 0.172. The zero-order chi connectivity index (χ0) is 7.40. The monoisotopic (exact) mass is 156 g/mol. The molecule has 10 heavy (non-hydrogen) atoms. The Hall–Kier alpha value is -0.830. The first-order valence-corrected chi connectivity index (χ1v) is 3.42. The zero-order valence-corrected chi connectivity index (χ0v) is 5.90. The van der Waals surface area contributed by atoms with Crippen molar-refractivity contribution in [3.63, 3.8) is 0 Å². The lowest BCUT2D eigenvalue weighted by Crippen LogP contribution is -1.76. The van der Waals surface area contributed by atoms with Crippen molar-refractivity contribution < 1.29 is 8.68 Å². The van der Waals surface area contributed by atoms with Gasteiger partial charge in [0.25, 0.3) is 0 Å². The molecule has 0 bridgehead atoms. The molecule has 0 radical (unpaired) electrons. The van der Waals surface area contributed by atoms with Gasteiger partial charge in [0.15, 0.2) is 0 Å². The summed E-state index contributed by atoms with van der Waals surface area (Å²) in [5.41, 5.74) is 0.567. The van der Waals surface area contributed by atoms with Crippen LogP contribution in [0, 0.1) is 0 Å². The Bertz CT molecular complexity index is 220. The van der Waals surface area contributed by atoms with Crippen molar-refractivity contribution in [2.24, 2.45) is 0 Å². The van der Waals surface area contributed by atoms with E-state index in [0.717, 1.165) is 6.29 Å². The number of carbonyl (C=O) groups is 1. The molecule has 0 fully saturated rings. The fourth-order valence-electron chi connectivity index (χ4n) is 0.598. The van der Waals surface area contributed by atoms with E-state index in [1.807, 2.05) is 0 Å². The summed E-state index contributed by atoms with van der Waals surface area (Å²) in [6.07, 6.45) is 0.729. The van der Waals surface area contributed by atoms with E-state index in [0.29, 0.717) is 10.5 Å². The van der Waals surface area contributed by atoms with Crippen LogP contribution in [0.3, 0.4) is 0 Å². The van der Waals surface area contributed by atoms with Gasteiger partial charge in [-0.2, -0.15) is 3.89 Å². The Morgan fingerprint density at radius 3 is 2.30 bits per heavy atom. The smallest absolute Gasteiger partial charge is 0.150 e. The van der Waals surface area contributed by atoms with E-state index in [-0.39, 0.29) is 12.1 Å². The number of halogens is 1. The summed E-state index contributed by atoms with van der Waals surface area (Å²) in [4.78, 5) is 10.6. The number of carbonyl (C=O) groups excluding carboxylic acids is 1. The van der Waals surface area contributed by atoms with Gasteiger partial charge in [-0.05, 0) is 12.1 Å². The molecule has 0 aliphatic carbocycles. The molecule has 0 saturated heterocycles. The predicted molar refractivity (Wildman–Crippen MR) is 38.8 cm³/mol. The predicted octanol–water partition coefficient (Wildman–Crippen LogP) is 2.48. The van der Waals surface area contributed by atoms with Crippen molar-refractivity contribution in [3.8, 4) is 0 Å². The third-order valence-corrected chi connectivity index (χ3v) is 1.56. The Morgan fingerprint density at radius 1 is 1.30 bits per heavy atom. The molecule has 0 unspecified atom stereocenters. The molecule has 1 aromatic rings.